The molecule has 0 bridgehead atoms. The van der Waals surface area contributed by atoms with Gasteiger partial charge in [0.2, 0.25) is 0 Å². The summed E-state index contributed by atoms with van der Waals surface area (Å²) in [4.78, 5) is 11.9. The average Bonchev–Trinajstić information content (AvgIpc) is 2.76. The first-order valence-electron chi connectivity index (χ1n) is 6.68. The molecule has 0 aliphatic carbocycles. The molecule has 0 aliphatic rings. The quantitative estimate of drug-likeness (QED) is 0.879. The minimum absolute atomic E-state index is 0.249. The van der Waals surface area contributed by atoms with Gasteiger partial charge in [-0.15, -0.1) is 0 Å². The van der Waals surface area contributed by atoms with Gasteiger partial charge in [-0.25, -0.2) is 4.79 Å². The van der Waals surface area contributed by atoms with E-state index in [0.717, 1.165) is 16.5 Å². The van der Waals surface area contributed by atoms with E-state index in [9.17, 15) is 4.79 Å². The summed E-state index contributed by atoms with van der Waals surface area (Å²) in [7, 11) is 0. The highest BCUT2D eigenvalue weighted by Crippen LogP contribution is 2.30. The van der Waals surface area contributed by atoms with Gasteiger partial charge < -0.3 is 15.0 Å². The zero-order chi connectivity index (χ0) is 14.9. The van der Waals surface area contributed by atoms with Gasteiger partial charge >= 0.3 is 5.97 Å². The Morgan fingerprint density at radius 1 is 1.45 bits per heavy atom. The summed E-state index contributed by atoms with van der Waals surface area (Å²) in [5.41, 5.74) is 7.76. The van der Waals surface area contributed by atoms with Crippen LogP contribution in [-0.4, -0.2) is 17.1 Å². The number of aromatic nitrogens is 1. The number of esters is 1. The third-order valence-electron chi connectivity index (χ3n) is 3.26. The molecule has 1 atom stereocenters. The van der Waals surface area contributed by atoms with E-state index < -0.39 is 12.0 Å². The lowest BCUT2D eigenvalue weighted by Gasteiger charge is -2.10. The second kappa shape index (κ2) is 5.85. The smallest absolute Gasteiger partial charge is 0.327 e. The maximum atomic E-state index is 11.9. The van der Waals surface area contributed by atoms with Crippen molar-refractivity contribution < 1.29 is 9.53 Å². The molecule has 108 valence electrons. The first kappa shape index (κ1) is 14.9. The molecule has 1 heterocycles. The fourth-order valence-electron chi connectivity index (χ4n) is 2.29. The second-order valence-corrected chi connectivity index (χ2v) is 5.41. The van der Waals surface area contributed by atoms with E-state index in [-0.39, 0.29) is 6.04 Å². The van der Waals surface area contributed by atoms with E-state index in [1.807, 2.05) is 18.3 Å². The van der Waals surface area contributed by atoms with Gasteiger partial charge in [0.1, 0.15) is 6.04 Å². The Hall–Kier alpha value is -1.52. The molecule has 1 aromatic carbocycles. The van der Waals surface area contributed by atoms with Crippen molar-refractivity contribution in [1.82, 2.24) is 4.57 Å². The van der Waals surface area contributed by atoms with E-state index in [1.54, 1.807) is 13.0 Å². The molecule has 0 radical (unpaired) electrons. The van der Waals surface area contributed by atoms with Gasteiger partial charge in [-0.2, -0.15) is 0 Å². The Kier molecular flexibility index (Phi) is 4.35. The van der Waals surface area contributed by atoms with E-state index in [1.165, 1.54) is 0 Å². The van der Waals surface area contributed by atoms with Crippen LogP contribution in [-0.2, 0) is 9.53 Å². The molecular weight excluding hydrogens is 276 g/mol. The van der Waals surface area contributed by atoms with Crippen LogP contribution < -0.4 is 5.73 Å². The molecule has 0 fully saturated rings. The van der Waals surface area contributed by atoms with Gasteiger partial charge in [0, 0.05) is 28.2 Å². The number of hydrogen-bond donors (Lipinski definition) is 1. The van der Waals surface area contributed by atoms with Gasteiger partial charge in [0.15, 0.2) is 0 Å². The number of halogens is 1. The first-order chi connectivity index (χ1) is 9.45. The van der Waals surface area contributed by atoms with Crippen molar-refractivity contribution in [1.29, 1.82) is 0 Å². The average molecular weight is 295 g/mol. The number of ether oxygens (including phenoxy) is 1. The number of fused-ring (bicyclic) bond motifs is 1. The Labute approximate surface area is 123 Å². The van der Waals surface area contributed by atoms with Gasteiger partial charge in [-0.1, -0.05) is 17.7 Å². The number of hydrogen-bond acceptors (Lipinski definition) is 3. The van der Waals surface area contributed by atoms with E-state index >= 15 is 0 Å². The summed E-state index contributed by atoms with van der Waals surface area (Å²) in [6.45, 7) is 6.23. The number of rotatable bonds is 4. The largest absolute Gasteiger partial charge is 0.465 e. The predicted octanol–water partition coefficient (Wildman–Crippen LogP) is 3.44. The van der Waals surface area contributed by atoms with E-state index in [0.29, 0.717) is 11.6 Å². The molecule has 0 saturated heterocycles. The maximum Gasteiger partial charge on any atom is 0.327 e. The minimum atomic E-state index is -0.779. The summed E-state index contributed by atoms with van der Waals surface area (Å²) in [5, 5.41) is 1.59. The topological polar surface area (TPSA) is 57.2 Å². The molecule has 0 spiro atoms. The number of benzene rings is 1. The fraction of sp³-hybridized carbons (Fsp3) is 0.400. The van der Waals surface area contributed by atoms with Crippen LogP contribution in [0.4, 0.5) is 0 Å². The lowest BCUT2D eigenvalue weighted by Crippen LogP contribution is -2.23. The second-order valence-electron chi connectivity index (χ2n) is 4.98. The van der Waals surface area contributed by atoms with Crippen molar-refractivity contribution in [2.45, 2.75) is 32.9 Å². The summed E-state index contributed by atoms with van der Waals surface area (Å²) in [5.74, 6) is -0.412. The molecule has 0 aliphatic heterocycles. The third kappa shape index (κ3) is 2.67. The van der Waals surface area contributed by atoms with Crippen molar-refractivity contribution in [2.75, 3.05) is 6.61 Å². The summed E-state index contributed by atoms with van der Waals surface area (Å²) >= 11 is 6.06. The molecule has 20 heavy (non-hydrogen) atoms. The lowest BCUT2D eigenvalue weighted by molar-refractivity contribution is -0.144. The van der Waals surface area contributed by atoms with Crippen LogP contribution in [0, 0.1) is 0 Å². The van der Waals surface area contributed by atoms with Crippen molar-refractivity contribution in [3.05, 3.63) is 35.0 Å². The van der Waals surface area contributed by atoms with Crippen LogP contribution in [0.2, 0.25) is 5.02 Å². The van der Waals surface area contributed by atoms with Crippen molar-refractivity contribution >= 4 is 28.5 Å². The highest BCUT2D eigenvalue weighted by molar-refractivity contribution is 6.31. The minimum Gasteiger partial charge on any atom is -0.465 e. The number of carbonyl (C=O) groups is 1. The van der Waals surface area contributed by atoms with Crippen LogP contribution in [0.5, 0.6) is 0 Å². The van der Waals surface area contributed by atoms with E-state index in [2.05, 4.69) is 18.4 Å². The van der Waals surface area contributed by atoms with Gasteiger partial charge in [0.25, 0.3) is 0 Å². The normalized spacial score (nSPS) is 12.9. The van der Waals surface area contributed by atoms with Crippen LogP contribution in [0.15, 0.2) is 24.4 Å². The Balaban J connectivity index is 2.56. The first-order valence-corrected chi connectivity index (χ1v) is 7.05. The molecule has 4 nitrogen and oxygen atoms in total. The van der Waals surface area contributed by atoms with Gasteiger partial charge in [0.05, 0.1) is 12.1 Å². The fourth-order valence-corrected chi connectivity index (χ4v) is 2.45. The van der Waals surface area contributed by atoms with Crippen LogP contribution in [0.1, 0.15) is 38.4 Å². The highest BCUT2D eigenvalue weighted by atomic mass is 35.5. The lowest BCUT2D eigenvalue weighted by atomic mass is 10.1. The maximum absolute atomic E-state index is 11.9. The van der Waals surface area contributed by atoms with Crippen molar-refractivity contribution in [3.8, 4) is 0 Å². The zero-order valence-corrected chi connectivity index (χ0v) is 12.6. The molecule has 0 amide bonds. The van der Waals surface area contributed by atoms with E-state index in [4.69, 9.17) is 22.1 Å². The van der Waals surface area contributed by atoms with Gasteiger partial charge in [-0.3, -0.25) is 0 Å². The van der Waals surface area contributed by atoms with Crippen molar-refractivity contribution in [3.63, 3.8) is 0 Å². The molecule has 5 heteroatoms. The standard InChI is InChI=1S/C15H19ClN2O2/c1-4-20-15(19)14(17)12-8-18(9(2)3)13-7-10(16)5-6-11(12)13/h5-9,14H,4,17H2,1-3H3. The molecule has 1 aromatic heterocycles. The predicted molar refractivity (Wildman–Crippen MR) is 80.9 cm³/mol. The Morgan fingerprint density at radius 3 is 2.75 bits per heavy atom. The molecule has 2 N–H and O–H groups in total. The summed E-state index contributed by atoms with van der Waals surface area (Å²) in [6, 6.07) is 5.05. The number of nitrogens with two attached hydrogens (primary N) is 1. The number of carbonyl (C=O) groups excluding carboxylic acids is 1. The highest BCUT2D eigenvalue weighted by Gasteiger charge is 2.22. The monoisotopic (exact) mass is 294 g/mol. The van der Waals surface area contributed by atoms with Crippen LogP contribution in [0.25, 0.3) is 10.9 Å². The third-order valence-corrected chi connectivity index (χ3v) is 3.49. The molecule has 0 saturated carbocycles. The molecular formula is C15H19ClN2O2. The molecule has 2 aromatic rings. The summed E-state index contributed by atoms with van der Waals surface area (Å²) < 4.78 is 7.07. The molecule has 1 unspecified atom stereocenters. The molecule has 2 rings (SSSR count). The van der Waals surface area contributed by atoms with Crippen LogP contribution in [0.3, 0.4) is 0 Å². The number of nitrogens with zero attached hydrogens (tertiary/aromatic N) is 1. The SMILES string of the molecule is CCOC(=O)C(N)c1cn(C(C)C)c2cc(Cl)ccc12. The van der Waals surface area contributed by atoms with Gasteiger partial charge in [-0.05, 0) is 32.9 Å². The Bertz CT molecular complexity index is 634. The Morgan fingerprint density at radius 2 is 2.15 bits per heavy atom. The zero-order valence-electron chi connectivity index (χ0n) is 11.9. The summed E-state index contributed by atoms with van der Waals surface area (Å²) in [6.07, 6.45) is 1.91. The van der Waals surface area contributed by atoms with Crippen molar-refractivity contribution in [2.24, 2.45) is 5.73 Å². The van der Waals surface area contributed by atoms with Crippen LogP contribution >= 0.6 is 11.6 Å².